The van der Waals surface area contributed by atoms with E-state index in [0.717, 1.165) is 30.5 Å². The molecule has 1 rings (SSSR count). The molecule has 0 aliphatic carbocycles. The van der Waals surface area contributed by atoms with Crippen molar-refractivity contribution >= 4 is 8.41 Å². The molecule has 84 valence electrons. The van der Waals surface area contributed by atoms with Gasteiger partial charge in [-0.25, -0.2) is 0 Å². The lowest BCUT2D eigenvalue weighted by Crippen LogP contribution is -2.33. The Bertz CT molecular complexity index is 145. The van der Waals surface area contributed by atoms with Gasteiger partial charge in [-0.3, -0.25) is 0 Å². The molecule has 0 spiro atoms. The summed E-state index contributed by atoms with van der Waals surface area (Å²) in [7, 11) is -2.23. The lowest BCUT2D eigenvalue weighted by Gasteiger charge is -2.31. The van der Waals surface area contributed by atoms with Crippen molar-refractivity contribution in [3.63, 3.8) is 0 Å². The molecule has 1 aliphatic heterocycles. The van der Waals surface area contributed by atoms with Gasteiger partial charge in [0.25, 0.3) is 0 Å². The molecule has 0 amide bonds. The number of halogens is 1. The maximum Gasteiger partial charge on any atom is 0.247 e. The first-order valence-electron chi connectivity index (χ1n) is 6.39. The third-order valence-corrected chi connectivity index (χ3v) is 7.43. The zero-order valence-corrected chi connectivity index (χ0v) is 10.8. The summed E-state index contributed by atoms with van der Waals surface area (Å²) in [4.78, 5) is 0. The van der Waals surface area contributed by atoms with Crippen molar-refractivity contribution in [3.05, 3.63) is 0 Å². The van der Waals surface area contributed by atoms with E-state index in [-0.39, 0.29) is 0 Å². The highest BCUT2D eigenvalue weighted by molar-refractivity contribution is 6.73. The van der Waals surface area contributed by atoms with Gasteiger partial charge in [-0.2, -0.15) is 0 Å². The first-order chi connectivity index (χ1) is 6.70. The summed E-state index contributed by atoms with van der Waals surface area (Å²) in [5.41, 5.74) is 0. The highest BCUT2D eigenvalue weighted by atomic mass is 28.4. The molecule has 0 atom stereocenters. The Morgan fingerprint density at radius 1 is 1.14 bits per heavy atom. The quantitative estimate of drug-likeness (QED) is 0.348. The Kier molecular flexibility index (Phi) is 5.14. The summed E-state index contributed by atoms with van der Waals surface area (Å²) in [6, 6.07) is 2.89. The first-order valence-corrected chi connectivity index (χ1v) is 8.89. The van der Waals surface area contributed by atoms with Gasteiger partial charge in [0, 0.05) is 0 Å². The standard InChI is InChI=1S/C12H25FSi/c1-3-5-6-9-14(13)10-7-12(4-2)8-11-14/h12H,3-11H2,1-2H3. The van der Waals surface area contributed by atoms with Crippen molar-refractivity contribution in [2.45, 2.75) is 70.5 Å². The molecule has 0 radical (unpaired) electrons. The molecule has 0 aromatic carbocycles. The predicted molar refractivity (Wildman–Crippen MR) is 63.8 cm³/mol. The minimum Gasteiger partial charge on any atom is -0.314 e. The molecule has 14 heavy (non-hydrogen) atoms. The number of hydrogen-bond donors (Lipinski definition) is 0. The van der Waals surface area contributed by atoms with Crippen LogP contribution in [0.3, 0.4) is 0 Å². The molecule has 1 aliphatic rings. The van der Waals surface area contributed by atoms with Crippen LogP contribution in [0.1, 0.15) is 52.4 Å². The van der Waals surface area contributed by atoms with E-state index in [4.69, 9.17) is 0 Å². The van der Waals surface area contributed by atoms with E-state index in [1.165, 1.54) is 32.1 Å². The zero-order valence-electron chi connectivity index (χ0n) is 9.82. The number of unbranched alkanes of at least 4 members (excludes halogenated alkanes) is 2. The number of rotatable bonds is 5. The maximum absolute atomic E-state index is 14.3. The average Bonchev–Trinajstić information content (AvgIpc) is 2.19. The SMILES string of the molecule is CCCCC[Si]1(F)CCC(CC)CC1. The van der Waals surface area contributed by atoms with E-state index in [0.29, 0.717) is 0 Å². The Morgan fingerprint density at radius 2 is 1.79 bits per heavy atom. The highest BCUT2D eigenvalue weighted by Crippen LogP contribution is 2.38. The van der Waals surface area contributed by atoms with Crippen molar-refractivity contribution < 1.29 is 4.11 Å². The van der Waals surface area contributed by atoms with Gasteiger partial charge in [-0.15, -0.1) is 0 Å². The van der Waals surface area contributed by atoms with Crippen LogP contribution in [0.2, 0.25) is 18.1 Å². The molecule has 0 saturated carbocycles. The second-order valence-electron chi connectivity index (χ2n) is 4.96. The molecule has 0 aromatic heterocycles. The summed E-state index contributed by atoms with van der Waals surface area (Å²) < 4.78 is 14.3. The van der Waals surface area contributed by atoms with Crippen molar-refractivity contribution in [2.24, 2.45) is 5.92 Å². The first kappa shape index (κ1) is 12.2. The normalized spacial score (nSPS) is 33.2. The fraction of sp³-hybridized carbons (Fsp3) is 1.00. The Hall–Kier alpha value is 0.147. The molecule has 0 bridgehead atoms. The molecule has 0 nitrogen and oxygen atoms in total. The largest absolute Gasteiger partial charge is 0.314 e. The summed E-state index contributed by atoms with van der Waals surface area (Å²) >= 11 is 0. The smallest absolute Gasteiger partial charge is 0.247 e. The molecule has 0 aromatic rings. The van der Waals surface area contributed by atoms with Crippen molar-refractivity contribution in [1.29, 1.82) is 0 Å². The minimum atomic E-state index is -2.23. The van der Waals surface area contributed by atoms with Gasteiger partial charge in [0.05, 0.1) is 0 Å². The fourth-order valence-electron chi connectivity index (χ4n) is 2.55. The van der Waals surface area contributed by atoms with Crippen LogP contribution in [0.15, 0.2) is 0 Å². The monoisotopic (exact) mass is 216 g/mol. The van der Waals surface area contributed by atoms with Crippen LogP contribution in [0, 0.1) is 5.92 Å². The predicted octanol–water partition coefficient (Wildman–Crippen LogP) is 4.91. The summed E-state index contributed by atoms with van der Waals surface area (Å²) in [5.74, 6) is 0.845. The van der Waals surface area contributed by atoms with E-state index < -0.39 is 8.41 Å². The molecular formula is C12H25FSi. The van der Waals surface area contributed by atoms with Crippen molar-refractivity contribution in [2.75, 3.05) is 0 Å². The van der Waals surface area contributed by atoms with Crippen LogP contribution in [0.4, 0.5) is 4.11 Å². The third-order valence-electron chi connectivity index (χ3n) is 3.81. The molecule has 1 saturated heterocycles. The van der Waals surface area contributed by atoms with Gasteiger partial charge in [0.2, 0.25) is 8.41 Å². The van der Waals surface area contributed by atoms with Crippen LogP contribution >= 0.6 is 0 Å². The average molecular weight is 216 g/mol. The molecule has 2 heteroatoms. The Morgan fingerprint density at radius 3 is 2.29 bits per heavy atom. The van der Waals surface area contributed by atoms with Gasteiger partial charge >= 0.3 is 0 Å². The lowest BCUT2D eigenvalue weighted by atomic mass is 10.0. The van der Waals surface area contributed by atoms with Gasteiger partial charge < -0.3 is 4.11 Å². The van der Waals surface area contributed by atoms with Crippen LogP contribution < -0.4 is 0 Å². The van der Waals surface area contributed by atoms with Crippen LogP contribution in [0.25, 0.3) is 0 Å². The lowest BCUT2D eigenvalue weighted by molar-refractivity contribution is 0.433. The summed E-state index contributed by atoms with van der Waals surface area (Å²) in [5, 5.41) is 0. The maximum atomic E-state index is 14.3. The van der Waals surface area contributed by atoms with Crippen molar-refractivity contribution in [3.8, 4) is 0 Å². The van der Waals surface area contributed by atoms with Crippen LogP contribution in [-0.4, -0.2) is 8.41 Å². The number of hydrogen-bond acceptors (Lipinski definition) is 0. The van der Waals surface area contributed by atoms with Gasteiger partial charge in [0.1, 0.15) is 0 Å². The van der Waals surface area contributed by atoms with E-state index in [1.807, 2.05) is 0 Å². The zero-order chi connectivity index (χ0) is 10.4. The van der Waals surface area contributed by atoms with E-state index in [2.05, 4.69) is 13.8 Å². The Balaban J connectivity index is 2.23. The molecular weight excluding hydrogens is 191 g/mol. The molecule has 1 fully saturated rings. The highest BCUT2D eigenvalue weighted by Gasteiger charge is 2.37. The van der Waals surface area contributed by atoms with Gasteiger partial charge in [0.15, 0.2) is 0 Å². The summed E-state index contributed by atoms with van der Waals surface area (Å²) in [6.45, 7) is 4.44. The van der Waals surface area contributed by atoms with Gasteiger partial charge in [-0.1, -0.05) is 52.4 Å². The molecule has 0 N–H and O–H groups in total. The minimum absolute atomic E-state index is 0.845. The second kappa shape index (κ2) is 5.89. The fourth-order valence-corrected chi connectivity index (χ4v) is 6.03. The second-order valence-corrected chi connectivity index (χ2v) is 8.76. The van der Waals surface area contributed by atoms with Crippen LogP contribution in [-0.2, 0) is 0 Å². The topological polar surface area (TPSA) is 0 Å². The van der Waals surface area contributed by atoms with E-state index >= 15 is 0 Å². The molecule has 0 unspecified atom stereocenters. The van der Waals surface area contributed by atoms with Gasteiger partial charge in [-0.05, 0) is 24.1 Å². The van der Waals surface area contributed by atoms with E-state index in [1.54, 1.807) is 0 Å². The third kappa shape index (κ3) is 3.72. The van der Waals surface area contributed by atoms with E-state index in [9.17, 15) is 4.11 Å². The Labute approximate surface area is 89.5 Å². The molecule has 1 heterocycles. The van der Waals surface area contributed by atoms with Crippen molar-refractivity contribution in [1.82, 2.24) is 0 Å². The summed E-state index contributed by atoms with van der Waals surface area (Å²) in [6.07, 6.45) is 7.24. The van der Waals surface area contributed by atoms with Crippen LogP contribution in [0.5, 0.6) is 0 Å².